The number of alkyl halides is 4. The second kappa shape index (κ2) is 13.9. The standard InChI is InChI=1S/C30H27Cl2F4NO6/c31-21-12-37-13-22(32)20(21)11-25(18-5-7-23(42-29(33)34)26(9-18)39-14-16-1-2-16)41-28(38)19-6-8-24(43-30(35)36)27(10-19)40-15-17-3-4-17/h5-10,12-13,16-17,25,29-30H,1-4,11,14-15H2. The molecule has 2 fully saturated rings. The summed E-state index contributed by atoms with van der Waals surface area (Å²) in [6, 6.07) is 7.99. The fourth-order valence-corrected chi connectivity index (χ4v) is 4.72. The van der Waals surface area contributed by atoms with Gasteiger partial charge >= 0.3 is 19.2 Å². The molecule has 0 saturated heterocycles. The molecule has 0 N–H and O–H groups in total. The number of benzene rings is 2. The zero-order chi connectivity index (χ0) is 30.5. The van der Waals surface area contributed by atoms with Crippen molar-refractivity contribution in [1.29, 1.82) is 0 Å². The Labute approximate surface area is 254 Å². The van der Waals surface area contributed by atoms with Gasteiger partial charge in [-0.1, -0.05) is 29.3 Å². The van der Waals surface area contributed by atoms with Crippen molar-refractivity contribution in [2.24, 2.45) is 11.8 Å². The van der Waals surface area contributed by atoms with E-state index in [0.717, 1.165) is 25.7 Å². The van der Waals surface area contributed by atoms with Crippen LogP contribution in [0.25, 0.3) is 0 Å². The summed E-state index contributed by atoms with van der Waals surface area (Å²) in [5, 5.41) is 0.446. The zero-order valence-electron chi connectivity index (χ0n) is 22.6. The normalized spacial score (nSPS) is 15.3. The monoisotopic (exact) mass is 643 g/mol. The lowest BCUT2D eigenvalue weighted by molar-refractivity contribution is -0.0521. The summed E-state index contributed by atoms with van der Waals surface area (Å²) in [7, 11) is 0. The molecule has 5 rings (SSSR count). The number of nitrogens with zero attached hydrogens (tertiary/aromatic N) is 1. The van der Waals surface area contributed by atoms with E-state index in [1.165, 1.54) is 48.8 Å². The molecule has 1 unspecified atom stereocenters. The van der Waals surface area contributed by atoms with Gasteiger partial charge in [-0.15, -0.1) is 0 Å². The molecular formula is C30H27Cl2F4NO6. The van der Waals surface area contributed by atoms with Crippen molar-refractivity contribution in [3.8, 4) is 23.0 Å². The molecule has 3 aromatic rings. The second-order valence-corrected chi connectivity index (χ2v) is 11.1. The predicted octanol–water partition coefficient (Wildman–Crippen LogP) is 8.31. The zero-order valence-corrected chi connectivity index (χ0v) is 24.1. The Hall–Kier alpha value is -3.44. The summed E-state index contributed by atoms with van der Waals surface area (Å²) < 4.78 is 78.7. The minimum Gasteiger partial charge on any atom is -0.489 e. The van der Waals surface area contributed by atoms with Crippen molar-refractivity contribution in [2.75, 3.05) is 13.2 Å². The molecule has 1 heterocycles. The van der Waals surface area contributed by atoms with E-state index in [9.17, 15) is 22.4 Å². The molecule has 2 aromatic carbocycles. The highest BCUT2D eigenvalue weighted by Crippen LogP contribution is 2.39. The number of aromatic nitrogens is 1. The van der Waals surface area contributed by atoms with Crippen molar-refractivity contribution < 1.29 is 46.0 Å². The Bertz CT molecular complexity index is 1420. The number of esters is 1. The number of carbonyl (C=O) groups is 1. The highest BCUT2D eigenvalue weighted by Gasteiger charge is 2.27. The maximum Gasteiger partial charge on any atom is 0.387 e. The van der Waals surface area contributed by atoms with Gasteiger partial charge in [-0.2, -0.15) is 17.6 Å². The largest absolute Gasteiger partial charge is 0.489 e. The van der Waals surface area contributed by atoms with E-state index in [2.05, 4.69) is 14.5 Å². The number of ether oxygens (including phenoxy) is 5. The van der Waals surface area contributed by atoms with Crippen LogP contribution in [0.2, 0.25) is 10.0 Å². The third kappa shape index (κ3) is 8.79. The maximum atomic E-state index is 13.4. The molecule has 2 aliphatic carbocycles. The fourth-order valence-electron chi connectivity index (χ4n) is 4.20. The third-order valence-corrected chi connectivity index (χ3v) is 7.54. The Kier molecular flexibility index (Phi) is 10.0. The fraction of sp³-hybridized carbons (Fsp3) is 0.400. The third-order valence-electron chi connectivity index (χ3n) is 6.89. The minimum atomic E-state index is -3.09. The average Bonchev–Trinajstić information content (AvgIpc) is 3.88. The van der Waals surface area contributed by atoms with Gasteiger partial charge in [0.15, 0.2) is 23.0 Å². The van der Waals surface area contributed by atoms with Crippen molar-refractivity contribution in [1.82, 2.24) is 4.98 Å². The van der Waals surface area contributed by atoms with Crippen LogP contribution in [-0.4, -0.2) is 37.4 Å². The Balaban J connectivity index is 1.45. The number of halogens is 6. The summed E-state index contributed by atoms with van der Waals surface area (Å²) in [6.45, 7) is -5.57. The lowest BCUT2D eigenvalue weighted by atomic mass is 10.0. The van der Waals surface area contributed by atoms with Crippen LogP contribution in [0, 0.1) is 11.8 Å². The molecule has 0 spiro atoms. The highest BCUT2D eigenvalue weighted by atomic mass is 35.5. The van der Waals surface area contributed by atoms with E-state index in [1.54, 1.807) is 0 Å². The van der Waals surface area contributed by atoms with Gasteiger partial charge < -0.3 is 23.7 Å². The van der Waals surface area contributed by atoms with E-state index in [-0.39, 0.29) is 51.6 Å². The number of hydrogen-bond donors (Lipinski definition) is 0. The molecular weight excluding hydrogens is 617 g/mol. The van der Waals surface area contributed by atoms with Gasteiger partial charge in [-0.25, -0.2) is 4.79 Å². The molecule has 230 valence electrons. The molecule has 1 atom stereocenters. The number of hydrogen-bond acceptors (Lipinski definition) is 7. The van der Waals surface area contributed by atoms with Crippen LogP contribution in [0.5, 0.6) is 23.0 Å². The second-order valence-electron chi connectivity index (χ2n) is 10.3. The van der Waals surface area contributed by atoms with E-state index >= 15 is 0 Å². The Morgan fingerprint density at radius 2 is 1.33 bits per heavy atom. The topological polar surface area (TPSA) is 76.1 Å². The first-order valence-corrected chi connectivity index (χ1v) is 14.3. The van der Waals surface area contributed by atoms with Crippen molar-refractivity contribution >= 4 is 29.2 Å². The molecule has 0 aliphatic heterocycles. The van der Waals surface area contributed by atoms with Gasteiger partial charge in [0.2, 0.25) is 0 Å². The van der Waals surface area contributed by atoms with Crippen molar-refractivity contribution in [2.45, 2.75) is 51.4 Å². The first-order chi connectivity index (χ1) is 20.7. The van der Waals surface area contributed by atoms with Gasteiger partial charge in [-0.3, -0.25) is 4.98 Å². The maximum absolute atomic E-state index is 13.4. The smallest absolute Gasteiger partial charge is 0.387 e. The van der Waals surface area contributed by atoms with Crippen molar-refractivity contribution in [3.63, 3.8) is 0 Å². The minimum absolute atomic E-state index is 0.00666. The van der Waals surface area contributed by atoms with Crippen LogP contribution < -0.4 is 18.9 Å². The lowest BCUT2D eigenvalue weighted by Crippen LogP contribution is -2.16. The molecule has 0 bridgehead atoms. The van der Waals surface area contributed by atoms with Gasteiger partial charge in [-0.05, 0) is 79.0 Å². The Morgan fingerprint density at radius 3 is 1.86 bits per heavy atom. The summed E-state index contributed by atoms with van der Waals surface area (Å²) >= 11 is 12.7. The SMILES string of the molecule is O=C(OC(Cc1c(Cl)cncc1Cl)c1ccc(OC(F)F)c(OCC2CC2)c1)c1ccc(OC(F)F)c(OCC2CC2)c1. The van der Waals surface area contributed by atoms with E-state index in [1.807, 2.05) is 0 Å². The van der Waals surface area contributed by atoms with Gasteiger partial charge in [0, 0.05) is 18.8 Å². The molecule has 0 amide bonds. The molecule has 1 aromatic heterocycles. The van der Waals surface area contributed by atoms with Crippen LogP contribution in [0.15, 0.2) is 48.8 Å². The van der Waals surface area contributed by atoms with Gasteiger partial charge in [0.25, 0.3) is 0 Å². The molecule has 43 heavy (non-hydrogen) atoms. The van der Waals surface area contributed by atoms with E-state index in [4.69, 9.17) is 37.4 Å². The van der Waals surface area contributed by atoms with Gasteiger partial charge in [0.1, 0.15) is 6.10 Å². The molecule has 2 aliphatic rings. The quantitative estimate of drug-likeness (QED) is 0.122. The van der Waals surface area contributed by atoms with Crippen LogP contribution in [-0.2, 0) is 11.2 Å². The Morgan fingerprint density at radius 1 is 0.791 bits per heavy atom. The van der Waals surface area contributed by atoms with Crippen molar-refractivity contribution in [3.05, 3.63) is 75.5 Å². The van der Waals surface area contributed by atoms with E-state index in [0.29, 0.717) is 29.6 Å². The summed E-state index contributed by atoms with van der Waals surface area (Å²) in [4.78, 5) is 17.4. The first-order valence-electron chi connectivity index (χ1n) is 13.6. The summed E-state index contributed by atoms with van der Waals surface area (Å²) in [5.74, 6) is -0.547. The van der Waals surface area contributed by atoms with Crippen LogP contribution in [0.4, 0.5) is 17.6 Å². The van der Waals surface area contributed by atoms with Crippen LogP contribution >= 0.6 is 23.2 Å². The lowest BCUT2D eigenvalue weighted by Gasteiger charge is -2.22. The molecule has 2 saturated carbocycles. The summed E-state index contributed by atoms with van der Waals surface area (Å²) in [5.41, 5.74) is 0.818. The summed E-state index contributed by atoms with van der Waals surface area (Å²) in [6.07, 6.45) is 5.58. The highest BCUT2D eigenvalue weighted by molar-refractivity contribution is 6.35. The molecule has 13 heteroatoms. The van der Waals surface area contributed by atoms with Gasteiger partial charge in [0.05, 0.1) is 28.8 Å². The van der Waals surface area contributed by atoms with Crippen LogP contribution in [0.3, 0.4) is 0 Å². The molecule has 0 radical (unpaired) electrons. The van der Waals surface area contributed by atoms with E-state index < -0.39 is 25.3 Å². The first kappa shape index (κ1) is 31.0. The number of pyridine rings is 1. The number of carbonyl (C=O) groups excluding carboxylic acids is 1. The van der Waals surface area contributed by atoms with Crippen LogP contribution in [0.1, 0.15) is 53.3 Å². The molecule has 7 nitrogen and oxygen atoms in total. The number of rotatable bonds is 15. The predicted molar refractivity (Wildman–Crippen MR) is 149 cm³/mol. The average molecular weight is 644 g/mol.